The second kappa shape index (κ2) is 5.51. The van der Waals surface area contributed by atoms with E-state index in [-0.39, 0.29) is 10.6 Å². The summed E-state index contributed by atoms with van der Waals surface area (Å²) in [6.07, 6.45) is 1.83. The van der Waals surface area contributed by atoms with E-state index in [2.05, 4.69) is 11.8 Å². The Hall–Kier alpha value is -3.06. The van der Waals surface area contributed by atoms with E-state index in [1.54, 1.807) is 6.07 Å². The van der Waals surface area contributed by atoms with Gasteiger partial charge in [-0.15, -0.1) is 0 Å². The van der Waals surface area contributed by atoms with Gasteiger partial charge in [0.05, 0.1) is 11.5 Å². The van der Waals surface area contributed by atoms with E-state index in [0.717, 1.165) is 10.9 Å². The van der Waals surface area contributed by atoms with Crippen molar-refractivity contribution in [3.8, 4) is 11.8 Å². The summed E-state index contributed by atoms with van der Waals surface area (Å²) in [5.74, 6) is 6.11. The molecule has 3 rings (SSSR count). The Bertz CT molecular complexity index is 855. The summed E-state index contributed by atoms with van der Waals surface area (Å²) in [5, 5.41) is 12.0. The Morgan fingerprint density at radius 1 is 1.05 bits per heavy atom. The first-order valence-corrected chi connectivity index (χ1v) is 6.52. The van der Waals surface area contributed by atoms with Crippen molar-refractivity contribution >= 4 is 16.6 Å². The number of hydrogen-bond donors (Lipinski definition) is 0. The molecule has 0 saturated heterocycles. The van der Waals surface area contributed by atoms with Crippen molar-refractivity contribution in [2.24, 2.45) is 0 Å². The maximum Gasteiger partial charge on any atom is 0.293 e. The van der Waals surface area contributed by atoms with Crippen molar-refractivity contribution in [2.45, 2.75) is 6.54 Å². The SMILES string of the molecule is O=[N+]([O-])c1cccc2ccn(CC#Cc3ccccc3)c12. The van der Waals surface area contributed by atoms with Gasteiger partial charge in [-0.2, -0.15) is 0 Å². The monoisotopic (exact) mass is 276 g/mol. The van der Waals surface area contributed by atoms with E-state index >= 15 is 0 Å². The van der Waals surface area contributed by atoms with E-state index in [4.69, 9.17) is 0 Å². The van der Waals surface area contributed by atoms with Crippen molar-refractivity contribution in [1.29, 1.82) is 0 Å². The van der Waals surface area contributed by atoms with E-state index in [0.29, 0.717) is 12.1 Å². The molecule has 0 fully saturated rings. The van der Waals surface area contributed by atoms with E-state index in [1.165, 1.54) is 6.07 Å². The van der Waals surface area contributed by atoms with Crippen LogP contribution in [0.4, 0.5) is 5.69 Å². The van der Waals surface area contributed by atoms with Crippen molar-refractivity contribution in [3.63, 3.8) is 0 Å². The van der Waals surface area contributed by atoms with E-state index in [1.807, 2.05) is 53.2 Å². The summed E-state index contributed by atoms with van der Waals surface area (Å²) in [6, 6.07) is 16.6. The first-order chi connectivity index (χ1) is 10.3. The van der Waals surface area contributed by atoms with Gasteiger partial charge in [0.1, 0.15) is 5.52 Å². The molecule has 4 nitrogen and oxygen atoms in total. The largest absolute Gasteiger partial charge is 0.330 e. The average Bonchev–Trinajstić information content (AvgIpc) is 2.91. The number of rotatable bonds is 2. The molecule has 0 spiro atoms. The molecule has 1 aromatic heterocycles. The van der Waals surface area contributed by atoms with Crippen molar-refractivity contribution < 1.29 is 4.92 Å². The third-order valence-electron chi connectivity index (χ3n) is 3.22. The number of benzene rings is 2. The Morgan fingerprint density at radius 2 is 1.86 bits per heavy atom. The first-order valence-electron chi connectivity index (χ1n) is 6.52. The minimum Gasteiger partial charge on any atom is -0.330 e. The van der Waals surface area contributed by atoms with Crippen LogP contribution < -0.4 is 0 Å². The summed E-state index contributed by atoms with van der Waals surface area (Å²) in [7, 11) is 0. The quantitative estimate of drug-likeness (QED) is 0.408. The van der Waals surface area contributed by atoms with Crippen LogP contribution in [-0.4, -0.2) is 9.49 Å². The first kappa shape index (κ1) is 12.9. The maximum atomic E-state index is 11.1. The predicted molar refractivity (Wildman–Crippen MR) is 81.9 cm³/mol. The molecular weight excluding hydrogens is 264 g/mol. The third-order valence-corrected chi connectivity index (χ3v) is 3.22. The average molecular weight is 276 g/mol. The van der Waals surface area contributed by atoms with Gasteiger partial charge in [-0.3, -0.25) is 10.1 Å². The number of aromatic nitrogens is 1. The van der Waals surface area contributed by atoms with Crippen LogP contribution in [-0.2, 0) is 6.54 Å². The molecule has 0 amide bonds. The van der Waals surface area contributed by atoms with Gasteiger partial charge in [-0.1, -0.05) is 42.2 Å². The molecule has 0 bridgehead atoms. The molecule has 0 aliphatic carbocycles. The van der Waals surface area contributed by atoms with Gasteiger partial charge in [-0.25, -0.2) is 0 Å². The van der Waals surface area contributed by atoms with Gasteiger partial charge >= 0.3 is 0 Å². The lowest BCUT2D eigenvalue weighted by Gasteiger charge is -2.00. The molecule has 0 saturated carbocycles. The van der Waals surface area contributed by atoms with Crippen LogP contribution in [0.1, 0.15) is 5.56 Å². The fourth-order valence-electron chi connectivity index (χ4n) is 2.27. The Kier molecular flexibility index (Phi) is 3.40. The zero-order chi connectivity index (χ0) is 14.7. The summed E-state index contributed by atoms with van der Waals surface area (Å²) in [6.45, 7) is 0.420. The van der Waals surface area contributed by atoms with Gasteiger partial charge < -0.3 is 4.57 Å². The summed E-state index contributed by atoms with van der Waals surface area (Å²) < 4.78 is 1.81. The van der Waals surface area contributed by atoms with Gasteiger partial charge in [0.2, 0.25) is 0 Å². The summed E-state index contributed by atoms with van der Waals surface area (Å²) in [4.78, 5) is 10.8. The van der Waals surface area contributed by atoms with Crippen LogP contribution in [0.25, 0.3) is 10.9 Å². The molecule has 0 aliphatic rings. The van der Waals surface area contributed by atoms with Crippen molar-refractivity contribution in [3.05, 3.63) is 76.5 Å². The number of nitro groups is 1. The minimum atomic E-state index is -0.358. The van der Waals surface area contributed by atoms with Crippen molar-refractivity contribution in [2.75, 3.05) is 0 Å². The molecule has 1 heterocycles. The highest BCUT2D eigenvalue weighted by Gasteiger charge is 2.14. The van der Waals surface area contributed by atoms with Crippen LogP contribution in [0.15, 0.2) is 60.8 Å². The second-order valence-corrected chi connectivity index (χ2v) is 4.58. The summed E-state index contributed by atoms with van der Waals surface area (Å²) >= 11 is 0. The molecule has 0 atom stereocenters. The van der Waals surface area contributed by atoms with Gasteiger partial charge in [0.25, 0.3) is 5.69 Å². The molecule has 0 aliphatic heterocycles. The smallest absolute Gasteiger partial charge is 0.293 e. The molecular formula is C17H12N2O2. The standard InChI is InChI=1S/C17H12N2O2/c20-19(21)16-10-4-9-15-11-13-18(17(15)16)12-5-8-14-6-2-1-3-7-14/h1-4,6-7,9-11,13H,12H2. The number of hydrogen-bond acceptors (Lipinski definition) is 2. The molecule has 2 aromatic carbocycles. The maximum absolute atomic E-state index is 11.1. The Labute approximate surface area is 121 Å². The third kappa shape index (κ3) is 2.63. The lowest BCUT2D eigenvalue weighted by Crippen LogP contribution is -1.97. The number of para-hydroxylation sites is 1. The Balaban J connectivity index is 1.95. The van der Waals surface area contributed by atoms with Gasteiger partial charge in [0, 0.05) is 23.2 Å². The number of fused-ring (bicyclic) bond motifs is 1. The molecule has 4 heteroatoms. The zero-order valence-electron chi connectivity index (χ0n) is 11.2. The van der Waals surface area contributed by atoms with Gasteiger partial charge in [0.15, 0.2) is 0 Å². The highest BCUT2D eigenvalue weighted by molar-refractivity contribution is 5.88. The highest BCUT2D eigenvalue weighted by Crippen LogP contribution is 2.26. The number of non-ortho nitro benzene ring substituents is 1. The fraction of sp³-hybridized carbons (Fsp3) is 0.0588. The molecule has 0 unspecified atom stereocenters. The summed E-state index contributed by atoms with van der Waals surface area (Å²) in [5.41, 5.74) is 1.66. The van der Waals surface area contributed by atoms with Crippen LogP contribution in [0, 0.1) is 22.0 Å². The number of nitro benzene ring substituents is 1. The predicted octanol–water partition coefficient (Wildman–Crippen LogP) is 3.60. The molecule has 3 aromatic rings. The van der Waals surface area contributed by atoms with Gasteiger partial charge in [-0.05, 0) is 18.2 Å². The highest BCUT2D eigenvalue weighted by atomic mass is 16.6. The molecule has 0 N–H and O–H groups in total. The fourth-order valence-corrected chi connectivity index (χ4v) is 2.27. The topological polar surface area (TPSA) is 48.1 Å². The molecule has 21 heavy (non-hydrogen) atoms. The normalized spacial score (nSPS) is 10.1. The molecule has 0 radical (unpaired) electrons. The molecule has 102 valence electrons. The zero-order valence-corrected chi connectivity index (χ0v) is 11.2. The van der Waals surface area contributed by atoms with E-state index < -0.39 is 0 Å². The second-order valence-electron chi connectivity index (χ2n) is 4.58. The lowest BCUT2D eigenvalue weighted by molar-refractivity contribution is -0.383. The van der Waals surface area contributed by atoms with Crippen LogP contribution >= 0.6 is 0 Å². The minimum absolute atomic E-state index is 0.110. The lowest BCUT2D eigenvalue weighted by atomic mass is 10.2. The van der Waals surface area contributed by atoms with Crippen LogP contribution in [0.5, 0.6) is 0 Å². The van der Waals surface area contributed by atoms with E-state index in [9.17, 15) is 10.1 Å². The van der Waals surface area contributed by atoms with Crippen molar-refractivity contribution in [1.82, 2.24) is 4.57 Å². The Morgan fingerprint density at radius 3 is 2.62 bits per heavy atom. The van der Waals surface area contributed by atoms with Crippen LogP contribution in [0.2, 0.25) is 0 Å². The number of nitrogens with zero attached hydrogens (tertiary/aromatic N) is 2. The van der Waals surface area contributed by atoms with Crippen LogP contribution in [0.3, 0.4) is 0 Å².